The van der Waals surface area contributed by atoms with Crippen LogP contribution in [0.15, 0.2) is 0 Å². The van der Waals surface area contributed by atoms with Crippen LogP contribution in [-0.4, -0.2) is 27.4 Å². The van der Waals surface area contributed by atoms with E-state index in [-0.39, 0.29) is 5.41 Å². The van der Waals surface area contributed by atoms with Crippen LogP contribution in [0.25, 0.3) is 0 Å². The Morgan fingerprint density at radius 2 is 1.36 bits per heavy atom. The maximum Gasteiger partial charge on any atom is 0.0543 e. The Balaban J connectivity index is 4.55. The smallest absolute Gasteiger partial charge is 0.0543 e. The summed E-state index contributed by atoms with van der Waals surface area (Å²) < 4.78 is 10.7. The van der Waals surface area contributed by atoms with Crippen LogP contribution in [0.3, 0.4) is 0 Å². The Morgan fingerprint density at radius 1 is 0.929 bits per heavy atom. The third-order valence-electron chi connectivity index (χ3n) is 2.90. The molecule has 2 nitrogen and oxygen atoms in total. The second-order valence-electron chi connectivity index (χ2n) is 4.98. The average molecular weight is 202 g/mol. The van der Waals surface area contributed by atoms with Gasteiger partial charge in [0.25, 0.3) is 0 Å². The molecule has 0 amide bonds. The molecule has 0 aliphatic heterocycles. The van der Waals surface area contributed by atoms with Gasteiger partial charge in [-0.05, 0) is 18.3 Å². The lowest BCUT2D eigenvalue weighted by atomic mass is 9.73. The van der Waals surface area contributed by atoms with Gasteiger partial charge >= 0.3 is 0 Å². The zero-order chi connectivity index (χ0) is 11.2. The molecule has 0 spiro atoms. The third kappa shape index (κ3) is 3.97. The average Bonchev–Trinajstić information content (AvgIpc) is 2.03. The Bertz CT molecular complexity index is 135. The molecule has 14 heavy (non-hydrogen) atoms. The molecule has 0 radical (unpaired) electrons. The fourth-order valence-corrected chi connectivity index (χ4v) is 2.12. The van der Waals surface area contributed by atoms with Crippen molar-refractivity contribution in [3.8, 4) is 0 Å². The van der Waals surface area contributed by atoms with Crippen LogP contribution in [-0.2, 0) is 9.47 Å². The Labute approximate surface area is 89.0 Å². The van der Waals surface area contributed by atoms with Crippen LogP contribution in [0.4, 0.5) is 0 Å². The maximum absolute atomic E-state index is 5.34. The Morgan fingerprint density at radius 3 is 1.57 bits per heavy atom. The van der Waals surface area contributed by atoms with E-state index in [0.29, 0.717) is 11.8 Å². The summed E-state index contributed by atoms with van der Waals surface area (Å²) in [4.78, 5) is 0. The molecule has 0 aliphatic rings. The first kappa shape index (κ1) is 13.9. The lowest BCUT2D eigenvalue weighted by Crippen LogP contribution is -2.38. The van der Waals surface area contributed by atoms with E-state index in [1.165, 1.54) is 0 Å². The van der Waals surface area contributed by atoms with Gasteiger partial charge in [-0.1, -0.05) is 27.7 Å². The summed E-state index contributed by atoms with van der Waals surface area (Å²) in [5.74, 6) is 1.27. The summed E-state index contributed by atoms with van der Waals surface area (Å²) in [5.41, 5.74) is 0.178. The summed E-state index contributed by atoms with van der Waals surface area (Å²) >= 11 is 0. The molecule has 0 bridgehead atoms. The number of methoxy groups -OCH3 is 2. The highest BCUT2D eigenvalue weighted by atomic mass is 16.5. The van der Waals surface area contributed by atoms with E-state index in [0.717, 1.165) is 19.6 Å². The molecule has 0 atom stereocenters. The van der Waals surface area contributed by atoms with Crippen molar-refractivity contribution in [2.75, 3.05) is 27.4 Å². The SMILES string of the molecule is COCC(COC)(CC(C)C)C(C)C. The van der Waals surface area contributed by atoms with Crippen LogP contribution in [0.5, 0.6) is 0 Å². The summed E-state index contributed by atoms with van der Waals surface area (Å²) in [6.45, 7) is 10.6. The molecule has 0 saturated carbocycles. The molecular weight excluding hydrogens is 176 g/mol. The fourth-order valence-electron chi connectivity index (χ4n) is 2.12. The van der Waals surface area contributed by atoms with Gasteiger partial charge in [0.2, 0.25) is 0 Å². The van der Waals surface area contributed by atoms with Gasteiger partial charge in [-0.2, -0.15) is 0 Å². The molecule has 0 heterocycles. The molecule has 86 valence electrons. The zero-order valence-corrected chi connectivity index (χ0v) is 10.6. The van der Waals surface area contributed by atoms with Crippen molar-refractivity contribution in [2.24, 2.45) is 17.3 Å². The molecule has 0 aliphatic carbocycles. The van der Waals surface area contributed by atoms with Crippen LogP contribution in [0.2, 0.25) is 0 Å². The second kappa shape index (κ2) is 6.41. The molecule has 0 N–H and O–H groups in total. The normalized spacial score (nSPS) is 12.9. The highest BCUT2D eigenvalue weighted by Gasteiger charge is 2.34. The van der Waals surface area contributed by atoms with E-state index in [1.807, 2.05) is 0 Å². The molecule has 2 heteroatoms. The van der Waals surface area contributed by atoms with Crippen molar-refractivity contribution in [2.45, 2.75) is 34.1 Å². The predicted molar refractivity (Wildman–Crippen MR) is 60.5 cm³/mol. The van der Waals surface area contributed by atoms with Gasteiger partial charge in [-0.15, -0.1) is 0 Å². The largest absolute Gasteiger partial charge is 0.384 e. The van der Waals surface area contributed by atoms with Crippen molar-refractivity contribution < 1.29 is 9.47 Å². The van der Waals surface area contributed by atoms with Crippen molar-refractivity contribution in [3.05, 3.63) is 0 Å². The monoisotopic (exact) mass is 202 g/mol. The van der Waals surface area contributed by atoms with Crippen molar-refractivity contribution in [3.63, 3.8) is 0 Å². The highest BCUT2D eigenvalue weighted by molar-refractivity contribution is 4.83. The van der Waals surface area contributed by atoms with Crippen molar-refractivity contribution >= 4 is 0 Å². The van der Waals surface area contributed by atoms with Gasteiger partial charge in [0, 0.05) is 19.6 Å². The Kier molecular flexibility index (Phi) is 6.38. The quantitative estimate of drug-likeness (QED) is 0.632. The standard InChI is InChI=1S/C12H26O2/c1-10(2)7-12(8-13-5,9-14-6)11(3)4/h10-11H,7-9H2,1-6H3. The lowest BCUT2D eigenvalue weighted by Gasteiger charge is -2.37. The van der Waals surface area contributed by atoms with Crippen LogP contribution in [0, 0.1) is 17.3 Å². The van der Waals surface area contributed by atoms with Gasteiger partial charge in [0.1, 0.15) is 0 Å². The van der Waals surface area contributed by atoms with Crippen molar-refractivity contribution in [1.29, 1.82) is 0 Å². The molecule has 0 aromatic rings. The van der Waals surface area contributed by atoms with E-state index in [1.54, 1.807) is 14.2 Å². The maximum atomic E-state index is 5.34. The van der Waals surface area contributed by atoms with E-state index < -0.39 is 0 Å². The summed E-state index contributed by atoms with van der Waals surface area (Å²) in [7, 11) is 3.54. The van der Waals surface area contributed by atoms with Gasteiger partial charge in [0.15, 0.2) is 0 Å². The van der Waals surface area contributed by atoms with Gasteiger partial charge < -0.3 is 9.47 Å². The molecular formula is C12H26O2. The molecule has 0 aromatic heterocycles. The van der Waals surface area contributed by atoms with Crippen LogP contribution >= 0.6 is 0 Å². The van der Waals surface area contributed by atoms with Crippen LogP contribution in [0.1, 0.15) is 34.1 Å². The summed E-state index contributed by atoms with van der Waals surface area (Å²) in [5, 5.41) is 0. The molecule has 0 fully saturated rings. The number of hydrogen-bond donors (Lipinski definition) is 0. The summed E-state index contributed by atoms with van der Waals surface area (Å²) in [6, 6.07) is 0. The van der Waals surface area contributed by atoms with E-state index >= 15 is 0 Å². The van der Waals surface area contributed by atoms with E-state index in [2.05, 4.69) is 27.7 Å². The minimum atomic E-state index is 0.178. The second-order valence-corrected chi connectivity index (χ2v) is 4.98. The fraction of sp³-hybridized carbons (Fsp3) is 1.00. The zero-order valence-electron chi connectivity index (χ0n) is 10.6. The predicted octanol–water partition coefficient (Wildman–Crippen LogP) is 2.97. The van der Waals surface area contributed by atoms with E-state index in [4.69, 9.17) is 9.47 Å². The van der Waals surface area contributed by atoms with Gasteiger partial charge in [-0.25, -0.2) is 0 Å². The van der Waals surface area contributed by atoms with Gasteiger partial charge in [0.05, 0.1) is 13.2 Å². The third-order valence-corrected chi connectivity index (χ3v) is 2.90. The molecule has 0 rings (SSSR count). The van der Waals surface area contributed by atoms with E-state index in [9.17, 15) is 0 Å². The van der Waals surface area contributed by atoms with Gasteiger partial charge in [-0.3, -0.25) is 0 Å². The van der Waals surface area contributed by atoms with Crippen molar-refractivity contribution in [1.82, 2.24) is 0 Å². The highest BCUT2D eigenvalue weighted by Crippen LogP contribution is 2.35. The lowest BCUT2D eigenvalue weighted by molar-refractivity contribution is -0.0336. The number of rotatable bonds is 7. The molecule has 0 aromatic carbocycles. The first-order chi connectivity index (χ1) is 6.48. The Hall–Kier alpha value is -0.0800. The minimum absolute atomic E-state index is 0.178. The summed E-state index contributed by atoms with van der Waals surface area (Å²) in [6.07, 6.45) is 1.16. The first-order valence-electron chi connectivity index (χ1n) is 5.46. The molecule has 0 saturated heterocycles. The molecule has 0 unspecified atom stereocenters. The minimum Gasteiger partial charge on any atom is -0.384 e. The van der Waals surface area contributed by atoms with Crippen LogP contribution < -0.4 is 0 Å². The number of hydrogen-bond acceptors (Lipinski definition) is 2. The first-order valence-corrected chi connectivity index (χ1v) is 5.46. The number of ether oxygens (including phenoxy) is 2. The topological polar surface area (TPSA) is 18.5 Å².